The molecule has 0 aliphatic rings. The van der Waals surface area contributed by atoms with Gasteiger partial charge in [-0.05, 0) is 42.0 Å². The van der Waals surface area contributed by atoms with Crippen LogP contribution in [0.25, 0.3) is 20.7 Å². The van der Waals surface area contributed by atoms with E-state index in [4.69, 9.17) is 4.98 Å². The lowest BCUT2D eigenvalue weighted by molar-refractivity contribution is 0.792. The number of rotatable bonds is 5. The lowest BCUT2D eigenvalue weighted by Crippen LogP contribution is -2.17. The standard InChI is InChI=1S/C21H21N3OS2/c1-12(2)14-6-8-15(9-7-14)22-13(3)19-23-20(25)18-16(11-27-21(18)24-19)17-5-4-10-26-17/h4-13,22H,1-3H3,(H,23,24,25)/t13-/m0/s1. The second-order valence-corrected chi connectivity index (χ2v) is 8.71. The van der Waals surface area contributed by atoms with Crippen LogP contribution in [-0.4, -0.2) is 9.97 Å². The molecule has 0 aliphatic carbocycles. The number of H-pyrrole nitrogens is 1. The Kier molecular flexibility index (Phi) is 4.85. The van der Waals surface area contributed by atoms with E-state index in [0.29, 0.717) is 17.1 Å². The van der Waals surface area contributed by atoms with Gasteiger partial charge in [0.1, 0.15) is 10.7 Å². The minimum absolute atomic E-state index is 0.0801. The van der Waals surface area contributed by atoms with Gasteiger partial charge in [-0.3, -0.25) is 4.79 Å². The third-order valence-corrected chi connectivity index (χ3v) is 6.39. The highest BCUT2D eigenvalue weighted by Gasteiger charge is 2.16. The van der Waals surface area contributed by atoms with E-state index < -0.39 is 0 Å². The fourth-order valence-electron chi connectivity index (χ4n) is 3.07. The molecule has 0 radical (unpaired) electrons. The molecule has 6 heteroatoms. The minimum Gasteiger partial charge on any atom is -0.375 e. The van der Waals surface area contributed by atoms with E-state index in [0.717, 1.165) is 21.0 Å². The van der Waals surface area contributed by atoms with Crippen molar-refractivity contribution in [3.05, 3.63) is 68.9 Å². The van der Waals surface area contributed by atoms with Gasteiger partial charge in [0.2, 0.25) is 0 Å². The fraction of sp³-hybridized carbons (Fsp3) is 0.238. The molecular formula is C21H21N3OS2. The first-order valence-electron chi connectivity index (χ1n) is 8.94. The zero-order valence-corrected chi connectivity index (χ0v) is 17.1. The molecule has 1 aromatic carbocycles. The second kappa shape index (κ2) is 7.29. The molecule has 4 rings (SSSR count). The summed E-state index contributed by atoms with van der Waals surface area (Å²) in [6, 6.07) is 12.3. The van der Waals surface area contributed by atoms with Gasteiger partial charge in [-0.15, -0.1) is 22.7 Å². The van der Waals surface area contributed by atoms with E-state index in [1.54, 1.807) is 11.3 Å². The van der Waals surface area contributed by atoms with Crippen LogP contribution in [0.1, 0.15) is 44.1 Å². The SMILES string of the molecule is CC(C)c1ccc(N[C@@H](C)c2nc3scc(-c4cccs4)c3c(=O)[nH]2)cc1. The predicted octanol–water partition coefficient (Wildman–Crippen LogP) is 6.01. The Bertz CT molecular complexity index is 1110. The van der Waals surface area contributed by atoms with Gasteiger partial charge in [-0.2, -0.15) is 0 Å². The van der Waals surface area contributed by atoms with Gasteiger partial charge in [-0.25, -0.2) is 4.98 Å². The maximum atomic E-state index is 12.7. The first kappa shape index (κ1) is 17.9. The van der Waals surface area contributed by atoms with Crippen LogP contribution in [0, 0.1) is 0 Å². The molecule has 0 amide bonds. The van der Waals surface area contributed by atoms with Crippen LogP contribution in [0.15, 0.2) is 52.0 Å². The van der Waals surface area contributed by atoms with Crippen molar-refractivity contribution in [1.29, 1.82) is 0 Å². The number of thiophene rings is 2. The molecule has 0 bridgehead atoms. The Labute approximate surface area is 165 Å². The molecule has 2 N–H and O–H groups in total. The van der Waals surface area contributed by atoms with E-state index in [1.807, 2.05) is 29.8 Å². The molecular weight excluding hydrogens is 374 g/mol. The lowest BCUT2D eigenvalue weighted by Gasteiger charge is -2.15. The summed E-state index contributed by atoms with van der Waals surface area (Å²) in [5.74, 6) is 1.16. The van der Waals surface area contributed by atoms with Gasteiger partial charge in [0.25, 0.3) is 5.56 Å². The monoisotopic (exact) mass is 395 g/mol. The van der Waals surface area contributed by atoms with Gasteiger partial charge in [-0.1, -0.05) is 32.0 Å². The number of aromatic nitrogens is 2. The van der Waals surface area contributed by atoms with E-state index in [-0.39, 0.29) is 11.6 Å². The number of aromatic amines is 1. The van der Waals surface area contributed by atoms with Gasteiger partial charge >= 0.3 is 0 Å². The van der Waals surface area contributed by atoms with Crippen LogP contribution in [0.2, 0.25) is 0 Å². The Balaban J connectivity index is 1.63. The van der Waals surface area contributed by atoms with Crippen LogP contribution in [0.3, 0.4) is 0 Å². The topological polar surface area (TPSA) is 57.8 Å². The molecule has 0 unspecified atom stereocenters. The fourth-order valence-corrected chi connectivity index (χ4v) is 4.84. The molecule has 1 atom stereocenters. The normalized spacial score (nSPS) is 12.6. The molecule has 3 aromatic heterocycles. The molecule has 4 aromatic rings. The van der Waals surface area contributed by atoms with Gasteiger partial charge in [0.05, 0.1) is 11.4 Å². The summed E-state index contributed by atoms with van der Waals surface area (Å²) < 4.78 is 0. The summed E-state index contributed by atoms with van der Waals surface area (Å²) in [4.78, 5) is 22.3. The number of fused-ring (bicyclic) bond motifs is 1. The summed E-state index contributed by atoms with van der Waals surface area (Å²) >= 11 is 3.15. The van der Waals surface area contributed by atoms with Crippen molar-refractivity contribution in [3.8, 4) is 10.4 Å². The summed E-state index contributed by atoms with van der Waals surface area (Å²) in [5, 5.41) is 8.14. The van der Waals surface area contributed by atoms with Crippen molar-refractivity contribution in [2.75, 3.05) is 5.32 Å². The molecule has 27 heavy (non-hydrogen) atoms. The smallest absolute Gasteiger partial charge is 0.260 e. The molecule has 0 fully saturated rings. The van der Waals surface area contributed by atoms with Crippen molar-refractivity contribution in [2.24, 2.45) is 0 Å². The number of anilines is 1. The summed E-state index contributed by atoms with van der Waals surface area (Å²) in [6.45, 7) is 6.37. The molecule has 3 heterocycles. The molecule has 0 saturated heterocycles. The molecule has 0 spiro atoms. The third kappa shape index (κ3) is 3.55. The molecule has 0 aliphatic heterocycles. The summed E-state index contributed by atoms with van der Waals surface area (Å²) in [7, 11) is 0. The average Bonchev–Trinajstić information content (AvgIpc) is 3.31. The van der Waals surface area contributed by atoms with Crippen molar-refractivity contribution in [2.45, 2.75) is 32.7 Å². The Morgan fingerprint density at radius 3 is 2.52 bits per heavy atom. The Hall–Kier alpha value is -2.44. The Morgan fingerprint density at radius 2 is 1.85 bits per heavy atom. The number of hydrogen-bond acceptors (Lipinski definition) is 5. The molecule has 0 saturated carbocycles. The highest BCUT2D eigenvalue weighted by Crippen LogP contribution is 2.33. The van der Waals surface area contributed by atoms with Crippen molar-refractivity contribution >= 4 is 38.6 Å². The highest BCUT2D eigenvalue weighted by molar-refractivity contribution is 7.18. The zero-order valence-electron chi connectivity index (χ0n) is 15.4. The van der Waals surface area contributed by atoms with Gasteiger partial charge in [0, 0.05) is 21.5 Å². The number of benzene rings is 1. The van der Waals surface area contributed by atoms with Crippen LogP contribution in [0.4, 0.5) is 5.69 Å². The second-order valence-electron chi connectivity index (χ2n) is 6.90. The largest absolute Gasteiger partial charge is 0.375 e. The number of nitrogens with one attached hydrogen (secondary N) is 2. The van der Waals surface area contributed by atoms with Crippen molar-refractivity contribution in [1.82, 2.24) is 9.97 Å². The van der Waals surface area contributed by atoms with Crippen LogP contribution in [-0.2, 0) is 0 Å². The van der Waals surface area contributed by atoms with Crippen LogP contribution in [0.5, 0.6) is 0 Å². The van der Waals surface area contributed by atoms with Crippen LogP contribution >= 0.6 is 22.7 Å². The first-order valence-corrected chi connectivity index (χ1v) is 10.7. The minimum atomic E-state index is -0.0979. The number of nitrogens with zero attached hydrogens (tertiary/aromatic N) is 1. The molecule has 138 valence electrons. The van der Waals surface area contributed by atoms with Crippen molar-refractivity contribution in [3.63, 3.8) is 0 Å². The summed E-state index contributed by atoms with van der Waals surface area (Å²) in [6.07, 6.45) is 0. The van der Waals surface area contributed by atoms with E-state index in [2.05, 4.69) is 48.4 Å². The van der Waals surface area contributed by atoms with Gasteiger partial charge < -0.3 is 10.3 Å². The molecule has 4 nitrogen and oxygen atoms in total. The predicted molar refractivity (Wildman–Crippen MR) is 116 cm³/mol. The highest BCUT2D eigenvalue weighted by atomic mass is 32.1. The lowest BCUT2D eigenvalue weighted by atomic mass is 10.0. The summed E-state index contributed by atoms with van der Waals surface area (Å²) in [5.41, 5.74) is 3.21. The average molecular weight is 396 g/mol. The maximum absolute atomic E-state index is 12.7. The van der Waals surface area contributed by atoms with E-state index >= 15 is 0 Å². The Morgan fingerprint density at radius 1 is 1.07 bits per heavy atom. The van der Waals surface area contributed by atoms with Gasteiger partial charge in [0.15, 0.2) is 0 Å². The van der Waals surface area contributed by atoms with E-state index in [9.17, 15) is 4.79 Å². The first-order chi connectivity index (χ1) is 13.0. The van der Waals surface area contributed by atoms with Crippen LogP contribution < -0.4 is 10.9 Å². The zero-order chi connectivity index (χ0) is 19.0. The quantitative estimate of drug-likeness (QED) is 0.435. The number of hydrogen-bond donors (Lipinski definition) is 2. The van der Waals surface area contributed by atoms with E-state index in [1.165, 1.54) is 16.9 Å². The maximum Gasteiger partial charge on any atom is 0.260 e. The third-order valence-electron chi connectivity index (χ3n) is 4.62. The van der Waals surface area contributed by atoms with Crippen molar-refractivity contribution < 1.29 is 0 Å².